The van der Waals surface area contributed by atoms with Gasteiger partial charge in [0, 0.05) is 37.6 Å². The zero-order valence-corrected chi connectivity index (χ0v) is 17.8. The number of carbonyl (C=O) groups excluding carboxylic acids is 1. The lowest BCUT2D eigenvalue weighted by atomic mass is 10.1. The molecule has 0 aliphatic heterocycles. The number of aromatic nitrogens is 3. The van der Waals surface area contributed by atoms with E-state index >= 15 is 0 Å². The molecular formula is C23H30N4O2. The van der Waals surface area contributed by atoms with Crippen LogP contribution >= 0.6 is 0 Å². The lowest BCUT2D eigenvalue weighted by Gasteiger charge is -2.22. The first-order valence-corrected chi connectivity index (χ1v) is 10.2. The van der Waals surface area contributed by atoms with Gasteiger partial charge in [0.15, 0.2) is 0 Å². The van der Waals surface area contributed by atoms with E-state index in [1.165, 1.54) is 5.56 Å². The summed E-state index contributed by atoms with van der Waals surface area (Å²) in [6.45, 7) is 10.4. The van der Waals surface area contributed by atoms with Crippen molar-refractivity contribution < 1.29 is 9.21 Å². The predicted octanol–water partition coefficient (Wildman–Crippen LogP) is 4.31. The molecule has 6 nitrogen and oxygen atoms in total. The summed E-state index contributed by atoms with van der Waals surface area (Å²) >= 11 is 0. The Morgan fingerprint density at radius 3 is 2.69 bits per heavy atom. The van der Waals surface area contributed by atoms with Crippen molar-refractivity contribution in [3.63, 3.8) is 0 Å². The molecule has 0 aromatic carbocycles. The lowest BCUT2D eigenvalue weighted by molar-refractivity contribution is -0.132. The molecule has 0 aliphatic rings. The van der Waals surface area contributed by atoms with Crippen LogP contribution in [0.25, 0.3) is 0 Å². The van der Waals surface area contributed by atoms with Crippen molar-refractivity contribution >= 4 is 5.91 Å². The molecule has 3 rings (SSSR count). The number of pyridine rings is 1. The minimum Gasteiger partial charge on any atom is -0.467 e. The van der Waals surface area contributed by atoms with Crippen LogP contribution in [0.4, 0.5) is 0 Å². The van der Waals surface area contributed by atoms with Crippen LogP contribution < -0.4 is 0 Å². The zero-order chi connectivity index (χ0) is 20.8. The van der Waals surface area contributed by atoms with E-state index in [2.05, 4.69) is 35.5 Å². The van der Waals surface area contributed by atoms with Gasteiger partial charge in [0.05, 0.1) is 18.5 Å². The number of furan rings is 1. The Balaban J connectivity index is 1.70. The van der Waals surface area contributed by atoms with Crippen molar-refractivity contribution in [2.75, 3.05) is 0 Å². The summed E-state index contributed by atoms with van der Waals surface area (Å²) in [6.07, 6.45) is 6.30. The van der Waals surface area contributed by atoms with E-state index in [9.17, 15) is 4.79 Å². The summed E-state index contributed by atoms with van der Waals surface area (Å²) in [5.74, 6) is 1.41. The Bertz CT molecular complexity index is 914. The topological polar surface area (TPSA) is 64.2 Å². The van der Waals surface area contributed by atoms with E-state index in [0.29, 0.717) is 31.8 Å². The van der Waals surface area contributed by atoms with Crippen molar-refractivity contribution in [1.29, 1.82) is 0 Å². The summed E-state index contributed by atoms with van der Waals surface area (Å²) in [4.78, 5) is 19.1. The summed E-state index contributed by atoms with van der Waals surface area (Å²) in [5, 5.41) is 4.67. The molecule has 3 aromatic rings. The Hall–Kier alpha value is -2.89. The van der Waals surface area contributed by atoms with Crippen LogP contribution in [-0.4, -0.2) is 25.6 Å². The first kappa shape index (κ1) is 20.8. The van der Waals surface area contributed by atoms with Crippen LogP contribution in [0.2, 0.25) is 0 Å². The quantitative estimate of drug-likeness (QED) is 0.543. The fourth-order valence-corrected chi connectivity index (χ4v) is 3.54. The molecule has 3 aromatic heterocycles. The van der Waals surface area contributed by atoms with Crippen molar-refractivity contribution in [1.82, 2.24) is 19.7 Å². The second-order valence-corrected chi connectivity index (χ2v) is 7.92. The highest BCUT2D eigenvalue weighted by molar-refractivity contribution is 5.76. The van der Waals surface area contributed by atoms with E-state index in [1.807, 2.05) is 36.1 Å². The van der Waals surface area contributed by atoms with Crippen molar-refractivity contribution in [3.05, 3.63) is 71.2 Å². The average Bonchev–Trinajstić information content (AvgIpc) is 3.28. The number of aryl methyl sites for hydroxylation is 1. The molecule has 0 radical (unpaired) electrons. The molecule has 0 atom stereocenters. The molecule has 0 aliphatic carbocycles. The van der Waals surface area contributed by atoms with Crippen LogP contribution in [0.15, 0.2) is 47.3 Å². The van der Waals surface area contributed by atoms with Gasteiger partial charge in [0.25, 0.3) is 0 Å². The van der Waals surface area contributed by atoms with Gasteiger partial charge in [-0.2, -0.15) is 5.10 Å². The fourth-order valence-electron chi connectivity index (χ4n) is 3.54. The summed E-state index contributed by atoms with van der Waals surface area (Å²) in [5.41, 5.74) is 4.36. The standard InChI is InChI=1S/C23H30N4O2/c1-17(2)14-27-19(4)22(18(3)25-27)9-10-23(28)26(16-21-8-6-12-29-21)15-20-7-5-11-24-13-20/h5-8,11-13,17H,9-10,14-16H2,1-4H3. The smallest absolute Gasteiger partial charge is 0.223 e. The molecule has 29 heavy (non-hydrogen) atoms. The Morgan fingerprint density at radius 1 is 1.21 bits per heavy atom. The van der Waals surface area contributed by atoms with E-state index < -0.39 is 0 Å². The molecule has 0 unspecified atom stereocenters. The monoisotopic (exact) mass is 394 g/mol. The SMILES string of the molecule is Cc1nn(CC(C)C)c(C)c1CCC(=O)N(Cc1cccnc1)Cc1ccco1. The summed E-state index contributed by atoms with van der Waals surface area (Å²) < 4.78 is 7.54. The number of amides is 1. The molecule has 6 heteroatoms. The Kier molecular flexibility index (Phi) is 6.86. The van der Waals surface area contributed by atoms with Gasteiger partial charge >= 0.3 is 0 Å². The molecule has 0 N–H and O–H groups in total. The van der Waals surface area contributed by atoms with Crippen LogP contribution in [0.3, 0.4) is 0 Å². The van der Waals surface area contributed by atoms with E-state index in [-0.39, 0.29) is 5.91 Å². The largest absolute Gasteiger partial charge is 0.467 e. The fraction of sp³-hybridized carbons (Fsp3) is 0.435. The maximum atomic E-state index is 13.1. The van der Waals surface area contributed by atoms with Crippen molar-refractivity contribution in [2.45, 2.75) is 60.2 Å². The molecule has 0 spiro atoms. The molecule has 0 fully saturated rings. The Labute approximate surface area is 172 Å². The van der Waals surface area contributed by atoms with Gasteiger partial charge in [0.2, 0.25) is 5.91 Å². The van der Waals surface area contributed by atoms with E-state index in [0.717, 1.165) is 29.3 Å². The maximum absolute atomic E-state index is 13.1. The third kappa shape index (κ3) is 5.56. The predicted molar refractivity (Wildman–Crippen MR) is 112 cm³/mol. The van der Waals surface area contributed by atoms with Gasteiger partial charge < -0.3 is 9.32 Å². The second kappa shape index (κ2) is 9.54. The zero-order valence-electron chi connectivity index (χ0n) is 17.8. The summed E-state index contributed by atoms with van der Waals surface area (Å²) in [7, 11) is 0. The van der Waals surface area contributed by atoms with Crippen molar-refractivity contribution in [3.8, 4) is 0 Å². The number of hydrogen-bond acceptors (Lipinski definition) is 4. The third-order valence-corrected chi connectivity index (χ3v) is 5.03. The molecule has 3 heterocycles. The van der Waals surface area contributed by atoms with Gasteiger partial charge in [-0.15, -0.1) is 0 Å². The van der Waals surface area contributed by atoms with Crippen molar-refractivity contribution in [2.24, 2.45) is 5.92 Å². The van der Waals surface area contributed by atoms with Gasteiger partial charge in [-0.05, 0) is 55.5 Å². The number of rotatable bonds is 9. The van der Waals surface area contributed by atoms with Crippen LogP contribution in [-0.2, 0) is 30.8 Å². The highest BCUT2D eigenvalue weighted by Gasteiger charge is 2.19. The first-order chi connectivity index (χ1) is 13.9. The van der Waals surface area contributed by atoms with E-state index in [1.54, 1.807) is 18.7 Å². The molecule has 0 bridgehead atoms. The third-order valence-electron chi connectivity index (χ3n) is 5.03. The molecule has 154 valence electrons. The highest BCUT2D eigenvalue weighted by atomic mass is 16.3. The van der Waals surface area contributed by atoms with Gasteiger partial charge in [0.1, 0.15) is 5.76 Å². The molecule has 0 saturated carbocycles. The van der Waals surface area contributed by atoms with E-state index in [4.69, 9.17) is 4.42 Å². The number of hydrogen-bond donors (Lipinski definition) is 0. The highest BCUT2D eigenvalue weighted by Crippen LogP contribution is 2.18. The lowest BCUT2D eigenvalue weighted by Crippen LogP contribution is -2.30. The Morgan fingerprint density at radius 2 is 2.03 bits per heavy atom. The normalized spacial score (nSPS) is 11.2. The van der Waals surface area contributed by atoms with Crippen LogP contribution in [0, 0.1) is 19.8 Å². The molecule has 1 amide bonds. The number of carbonyl (C=O) groups is 1. The van der Waals surface area contributed by atoms with Gasteiger partial charge in [-0.25, -0.2) is 0 Å². The second-order valence-electron chi connectivity index (χ2n) is 7.92. The first-order valence-electron chi connectivity index (χ1n) is 10.2. The van der Waals surface area contributed by atoms with Crippen LogP contribution in [0.1, 0.15) is 48.5 Å². The minimum absolute atomic E-state index is 0.0978. The van der Waals surface area contributed by atoms with Gasteiger partial charge in [-0.3, -0.25) is 14.5 Å². The van der Waals surface area contributed by atoms with Gasteiger partial charge in [-0.1, -0.05) is 19.9 Å². The maximum Gasteiger partial charge on any atom is 0.223 e. The molecule has 0 saturated heterocycles. The molecular weight excluding hydrogens is 364 g/mol. The number of nitrogens with zero attached hydrogens (tertiary/aromatic N) is 4. The van der Waals surface area contributed by atoms with Crippen LogP contribution in [0.5, 0.6) is 0 Å². The summed E-state index contributed by atoms with van der Waals surface area (Å²) in [6, 6.07) is 7.62. The minimum atomic E-state index is 0.0978. The average molecular weight is 395 g/mol.